The Morgan fingerprint density at radius 3 is 2.82 bits per heavy atom. The van der Waals surface area contributed by atoms with Crippen LogP contribution in [0, 0.1) is 5.41 Å². The van der Waals surface area contributed by atoms with Crippen molar-refractivity contribution >= 4 is 21.9 Å². The largest absolute Gasteiger partial charge is 0.456 e. The summed E-state index contributed by atoms with van der Waals surface area (Å²) in [6, 6.07) is 14.4. The third kappa shape index (κ3) is 3.55. The molecule has 1 aliphatic rings. The van der Waals surface area contributed by atoms with Gasteiger partial charge in [0.15, 0.2) is 0 Å². The van der Waals surface area contributed by atoms with Gasteiger partial charge in [0, 0.05) is 55.1 Å². The van der Waals surface area contributed by atoms with Crippen molar-refractivity contribution in [3.8, 4) is 0 Å². The van der Waals surface area contributed by atoms with Crippen molar-refractivity contribution in [2.75, 3.05) is 33.4 Å². The first kappa shape index (κ1) is 19.4. The third-order valence-electron chi connectivity index (χ3n) is 6.18. The summed E-state index contributed by atoms with van der Waals surface area (Å²) < 4.78 is 11.3. The van der Waals surface area contributed by atoms with E-state index in [0.29, 0.717) is 19.6 Å². The predicted molar refractivity (Wildman–Crippen MR) is 110 cm³/mol. The molecule has 28 heavy (non-hydrogen) atoms. The molecule has 0 saturated carbocycles. The predicted octanol–water partition coefficient (Wildman–Crippen LogP) is 3.56. The van der Waals surface area contributed by atoms with Gasteiger partial charge in [0.2, 0.25) is 0 Å². The normalized spacial score (nSPS) is 23.6. The second kappa shape index (κ2) is 8.21. The number of rotatable bonds is 7. The summed E-state index contributed by atoms with van der Waals surface area (Å²) in [4.78, 5) is 2.33. The SMILES string of the molecule is COCCC[C@@]1(CO)CN(Cc2cccc3c2oc2ccccc23)CC[C@H]1O. The van der Waals surface area contributed by atoms with Crippen LogP contribution < -0.4 is 0 Å². The number of furan rings is 1. The van der Waals surface area contributed by atoms with Crippen LogP contribution in [0.3, 0.4) is 0 Å². The lowest BCUT2D eigenvalue weighted by atomic mass is 9.74. The van der Waals surface area contributed by atoms with E-state index in [1.165, 1.54) is 0 Å². The number of methoxy groups -OCH3 is 1. The maximum Gasteiger partial charge on any atom is 0.139 e. The van der Waals surface area contributed by atoms with Crippen molar-refractivity contribution in [3.63, 3.8) is 0 Å². The van der Waals surface area contributed by atoms with Gasteiger partial charge in [-0.15, -0.1) is 0 Å². The molecular weight excluding hydrogens is 354 g/mol. The lowest BCUT2D eigenvalue weighted by molar-refractivity contribution is -0.0843. The number of para-hydroxylation sites is 2. The number of piperidine rings is 1. The number of fused-ring (bicyclic) bond motifs is 3. The third-order valence-corrected chi connectivity index (χ3v) is 6.18. The minimum Gasteiger partial charge on any atom is -0.456 e. The van der Waals surface area contributed by atoms with Gasteiger partial charge < -0.3 is 19.4 Å². The van der Waals surface area contributed by atoms with Crippen LogP contribution >= 0.6 is 0 Å². The number of likely N-dealkylation sites (tertiary alicyclic amines) is 1. The van der Waals surface area contributed by atoms with Gasteiger partial charge in [-0.25, -0.2) is 0 Å². The smallest absolute Gasteiger partial charge is 0.139 e. The van der Waals surface area contributed by atoms with Crippen molar-refractivity contribution < 1.29 is 19.4 Å². The molecule has 0 aliphatic carbocycles. The first-order valence-corrected chi connectivity index (χ1v) is 10.1. The van der Waals surface area contributed by atoms with Crippen molar-refractivity contribution in [2.24, 2.45) is 5.41 Å². The van der Waals surface area contributed by atoms with E-state index in [1.807, 2.05) is 18.2 Å². The highest BCUT2D eigenvalue weighted by molar-refractivity contribution is 6.05. The average Bonchev–Trinajstić information content (AvgIpc) is 3.10. The van der Waals surface area contributed by atoms with Gasteiger partial charge in [-0.3, -0.25) is 4.90 Å². The van der Waals surface area contributed by atoms with Crippen molar-refractivity contribution in [3.05, 3.63) is 48.0 Å². The van der Waals surface area contributed by atoms with Crippen LogP contribution in [0.2, 0.25) is 0 Å². The van der Waals surface area contributed by atoms with Gasteiger partial charge in [0.25, 0.3) is 0 Å². The van der Waals surface area contributed by atoms with Crippen LogP contribution in [-0.2, 0) is 11.3 Å². The minimum atomic E-state index is -0.488. The summed E-state index contributed by atoms with van der Waals surface area (Å²) in [7, 11) is 1.68. The van der Waals surface area contributed by atoms with Gasteiger partial charge >= 0.3 is 0 Å². The van der Waals surface area contributed by atoms with E-state index in [-0.39, 0.29) is 6.61 Å². The molecule has 2 heterocycles. The molecule has 150 valence electrons. The maximum atomic E-state index is 10.6. The van der Waals surface area contributed by atoms with E-state index in [4.69, 9.17) is 9.15 Å². The highest BCUT2D eigenvalue weighted by Crippen LogP contribution is 2.37. The zero-order valence-electron chi connectivity index (χ0n) is 16.4. The van der Waals surface area contributed by atoms with E-state index in [2.05, 4.69) is 29.2 Å². The highest BCUT2D eigenvalue weighted by Gasteiger charge is 2.41. The van der Waals surface area contributed by atoms with Crippen molar-refractivity contribution in [2.45, 2.75) is 31.9 Å². The molecular formula is C23H29NO4. The molecule has 3 aromatic rings. The molecule has 1 fully saturated rings. The van der Waals surface area contributed by atoms with Crippen LogP contribution in [-0.4, -0.2) is 54.6 Å². The zero-order valence-corrected chi connectivity index (χ0v) is 16.4. The Hall–Kier alpha value is -1.92. The number of hydrogen-bond acceptors (Lipinski definition) is 5. The molecule has 5 heteroatoms. The number of ether oxygens (including phenoxy) is 1. The van der Waals surface area contributed by atoms with Crippen molar-refractivity contribution in [1.29, 1.82) is 0 Å². The molecule has 0 amide bonds. The summed E-state index contributed by atoms with van der Waals surface area (Å²) in [6.45, 7) is 2.86. The summed E-state index contributed by atoms with van der Waals surface area (Å²) in [5.41, 5.74) is 2.50. The fourth-order valence-corrected chi connectivity index (χ4v) is 4.60. The fraction of sp³-hybridized carbons (Fsp3) is 0.478. The molecule has 2 aromatic carbocycles. The lowest BCUT2D eigenvalue weighted by Crippen LogP contribution is -2.53. The number of aliphatic hydroxyl groups is 2. The molecule has 1 saturated heterocycles. The van der Waals surface area contributed by atoms with Gasteiger partial charge in [0.1, 0.15) is 11.2 Å². The Morgan fingerprint density at radius 1 is 1.18 bits per heavy atom. The van der Waals surface area contributed by atoms with E-state index in [1.54, 1.807) is 7.11 Å². The van der Waals surface area contributed by atoms with Crippen LogP contribution in [0.25, 0.3) is 21.9 Å². The summed E-state index contributed by atoms with van der Waals surface area (Å²) in [5.74, 6) is 0. The molecule has 0 radical (unpaired) electrons. The first-order valence-electron chi connectivity index (χ1n) is 10.1. The van der Waals surface area contributed by atoms with Gasteiger partial charge in [0.05, 0.1) is 12.7 Å². The molecule has 2 atom stereocenters. The Kier molecular flexibility index (Phi) is 5.69. The van der Waals surface area contributed by atoms with Crippen LogP contribution in [0.1, 0.15) is 24.8 Å². The highest BCUT2D eigenvalue weighted by atomic mass is 16.5. The van der Waals surface area contributed by atoms with E-state index in [9.17, 15) is 10.2 Å². The molecule has 1 aliphatic heterocycles. The molecule has 5 nitrogen and oxygen atoms in total. The van der Waals surface area contributed by atoms with Gasteiger partial charge in [-0.05, 0) is 25.3 Å². The van der Waals surface area contributed by atoms with Crippen molar-refractivity contribution in [1.82, 2.24) is 4.90 Å². The van der Waals surface area contributed by atoms with E-state index in [0.717, 1.165) is 53.4 Å². The van der Waals surface area contributed by atoms with Crippen LogP contribution in [0.15, 0.2) is 46.9 Å². The van der Waals surface area contributed by atoms with Gasteiger partial charge in [-0.1, -0.05) is 36.4 Å². The minimum absolute atomic E-state index is 0.0107. The van der Waals surface area contributed by atoms with E-state index < -0.39 is 11.5 Å². The molecule has 2 N–H and O–H groups in total. The number of hydrogen-bond donors (Lipinski definition) is 2. The fourth-order valence-electron chi connectivity index (χ4n) is 4.60. The Balaban J connectivity index is 1.58. The zero-order chi connectivity index (χ0) is 19.6. The molecule has 4 rings (SSSR count). The molecule has 1 aromatic heterocycles. The summed E-state index contributed by atoms with van der Waals surface area (Å²) >= 11 is 0. The van der Waals surface area contributed by atoms with Crippen LogP contribution in [0.5, 0.6) is 0 Å². The Bertz CT molecular complexity index is 937. The van der Waals surface area contributed by atoms with E-state index >= 15 is 0 Å². The lowest BCUT2D eigenvalue weighted by Gasteiger charge is -2.45. The average molecular weight is 383 g/mol. The second-order valence-corrected chi connectivity index (χ2v) is 8.02. The molecule has 0 spiro atoms. The quantitative estimate of drug-likeness (QED) is 0.611. The first-order chi connectivity index (χ1) is 13.7. The molecule has 0 bridgehead atoms. The summed E-state index contributed by atoms with van der Waals surface area (Å²) in [6.07, 6.45) is 1.78. The monoisotopic (exact) mass is 383 g/mol. The van der Waals surface area contributed by atoms with Gasteiger partial charge in [-0.2, -0.15) is 0 Å². The number of aliphatic hydroxyl groups excluding tert-OH is 2. The van der Waals surface area contributed by atoms with Crippen LogP contribution in [0.4, 0.5) is 0 Å². The summed E-state index contributed by atoms with van der Waals surface area (Å²) in [5, 5.41) is 23.0. The Labute approximate surface area is 165 Å². The second-order valence-electron chi connectivity index (χ2n) is 8.02. The number of benzene rings is 2. The standard InChI is InChI=1S/C23H29NO4/c1-27-13-5-11-23(16-25)15-24(12-10-21(23)26)14-17-6-4-8-19-18-7-2-3-9-20(18)28-22(17)19/h2-4,6-9,21,25-26H,5,10-16H2,1H3/t21-,23+/m1/s1. The topological polar surface area (TPSA) is 66.1 Å². The number of nitrogens with zero attached hydrogens (tertiary/aromatic N) is 1. The maximum absolute atomic E-state index is 10.6. The molecule has 0 unspecified atom stereocenters. The Morgan fingerprint density at radius 2 is 2.00 bits per heavy atom.